The van der Waals surface area contributed by atoms with Gasteiger partial charge in [0.05, 0.1) is 16.9 Å². The topological polar surface area (TPSA) is 57.8 Å². The van der Waals surface area contributed by atoms with Crippen LogP contribution in [0, 0.1) is 11.6 Å². The van der Waals surface area contributed by atoms with E-state index in [0.717, 1.165) is 12.1 Å². The number of nitrogens with zero attached hydrogens (tertiary/aromatic N) is 1. The van der Waals surface area contributed by atoms with E-state index in [-0.39, 0.29) is 17.6 Å². The van der Waals surface area contributed by atoms with Crippen LogP contribution >= 0.6 is 0 Å². The Bertz CT molecular complexity index is 939. The van der Waals surface area contributed by atoms with Crippen molar-refractivity contribution in [1.82, 2.24) is 15.3 Å². The van der Waals surface area contributed by atoms with Crippen molar-refractivity contribution in [2.45, 2.75) is 25.9 Å². The highest BCUT2D eigenvalue weighted by Gasteiger charge is 2.15. The van der Waals surface area contributed by atoms with Crippen molar-refractivity contribution in [3.8, 4) is 0 Å². The molecule has 0 radical (unpaired) electrons. The number of hydrogen-bond donors (Lipinski definition) is 2. The summed E-state index contributed by atoms with van der Waals surface area (Å²) in [5, 5.41) is 3.76. The van der Waals surface area contributed by atoms with Gasteiger partial charge in [0.2, 0.25) is 0 Å². The van der Waals surface area contributed by atoms with Crippen LogP contribution in [0.15, 0.2) is 47.3 Å². The molecule has 124 valence electrons. The largest absolute Gasteiger partial charge is 0.309 e. The molecule has 0 aliphatic rings. The number of H-pyrrole nitrogens is 1. The standard InChI is InChI=1S/C18H17F2N3O/c1-10(12-7-8-14(19)15(20)9-12)21-11(2)17-22-16-6-4-3-5-13(16)18(24)23-17/h3-11,21H,1-2H3,(H,22,23,24)/t10-,11+/m1/s1. The third kappa shape index (κ3) is 3.19. The number of fused-ring (bicyclic) bond motifs is 1. The number of benzene rings is 2. The molecule has 0 fully saturated rings. The summed E-state index contributed by atoms with van der Waals surface area (Å²) >= 11 is 0. The Morgan fingerprint density at radius 3 is 2.54 bits per heavy atom. The number of halogens is 2. The predicted molar refractivity (Wildman–Crippen MR) is 88.7 cm³/mol. The monoisotopic (exact) mass is 329 g/mol. The lowest BCUT2D eigenvalue weighted by atomic mass is 10.1. The summed E-state index contributed by atoms with van der Waals surface area (Å²) in [7, 11) is 0. The molecule has 0 saturated heterocycles. The van der Waals surface area contributed by atoms with E-state index >= 15 is 0 Å². The summed E-state index contributed by atoms with van der Waals surface area (Å²) in [5.74, 6) is -1.27. The van der Waals surface area contributed by atoms with Gasteiger partial charge in [0.25, 0.3) is 5.56 Å². The molecular formula is C18H17F2N3O. The van der Waals surface area contributed by atoms with E-state index in [2.05, 4.69) is 15.3 Å². The molecule has 4 nitrogen and oxygen atoms in total. The minimum atomic E-state index is -0.883. The van der Waals surface area contributed by atoms with E-state index < -0.39 is 11.6 Å². The molecule has 1 heterocycles. The highest BCUT2D eigenvalue weighted by molar-refractivity contribution is 5.77. The van der Waals surface area contributed by atoms with Gasteiger partial charge in [-0.1, -0.05) is 18.2 Å². The van der Waals surface area contributed by atoms with Crippen molar-refractivity contribution in [1.29, 1.82) is 0 Å². The van der Waals surface area contributed by atoms with Crippen LogP contribution in [-0.2, 0) is 0 Å². The van der Waals surface area contributed by atoms with Crippen molar-refractivity contribution in [3.63, 3.8) is 0 Å². The van der Waals surface area contributed by atoms with Gasteiger partial charge in [0.15, 0.2) is 11.6 Å². The SMILES string of the molecule is C[C@H](N[C@H](C)c1ccc(F)c(F)c1)c1nc2ccccc2c(=O)[nH]1. The van der Waals surface area contributed by atoms with Gasteiger partial charge in [-0.2, -0.15) is 0 Å². The molecule has 0 saturated carbocycles. The van der Waals surface area contributed by atoms with Crippen molar-refractivity contribution in [2.75, 3.05) is 0 Å². The van der Waals surface area contributed by atoms with Gasteiger partial charge in [-0.3, -0.25) is 4.79 Å². The Kier molecular flexibility index (Phi) is 4.40. The van der Waals surface area contributed by atoms with Crippen LogP contribution in [0.25, 0.3) is 10.9 Å². The quantitative estimate of drug-likeness (QED) is 0.769. The maximum Gasteiger partial charge on any atom is 0.258 e. The second-order valence-electron chi connectivity index (χ2n) is 5.75. The smallest absolute Gasteiger partial charge is 0.258 e. The Morgan fingerprint density at radius 1 is 1.04 bits per heavy atom. The maximum absolute atomic E-state index is 13.4. The van der Waals surface area contributed by atoms with Crippen molar-refractivity contribution in [3.05, 3.63) is 75.8 Å². The second kappa shape index (κ2) is 6.49. The van der Waals surface area contributed by atoms with E-state index in [1.165, 1.54) is 6.07 Å². The van der Waals surface area contributed by atoms with Crippen LogP contribution in [0.3, 0.4) is 0 Å². The number of aromatic nitrogens is 2. The second-order valence-corrected chi connectivity index (χ2v) is 5.75. The molecule has 2 aromatic carbocycles. The Labute approximate surface area is 137 Å². The van der Waals surface area contributed by atoms with Crippen LogP contribution in [0.5, 0.6) is 0 Å². The Morgan fingerprint density at radius 2 is 1.79 bits per heavy atom. The molecule has 1 aromatic heterocycles. The molecule has 0 amide bonds. The fourth-order valence-electron chi connectivity index (χ4n) is 2.64. The molecule has 3 aromatic rings. The Balaban J connectivity index is 1.85. The number of rotatable bonds is 4. The van der Waals surface area contributed by atoms with E-state index in [1.54, 1.807) is 18.2 Å². The minimum absolute atomic E-state index is 0.204. The minimum Gasteiger partial charge on any atom is -0.309 e. The molecule has 2 N–H and O–H groups in total. The molecule has 0 bridgehead atoms. The van der Waals surface area contributed by atoms with E-state index in [0.29, 0.717) is 22.3 Å². The van der Waals surface area contributed by atoms with Gasteiger partial charge in [-0.05, 0) is 43.7 Å². The van der Waals surface area contributed by atoms with Gasteiger partial charge in [0.1, 0.15) is 5.82 Å². The summed E-state index contributed by atoms with van der Waals surface area (Å²) in [6.07, 6.45) is 0. The van der Waals surface area contributed by atoms with Crippen molar-refractivity contribution >= 4 is 10.9 Å². The van der Waals surface area contributed by atoms with Crippen LogP contribution < -0.4 is 10.9 Å². The van der Waals surface area contributed by atoms with E-state index in [1.807, 2.05) is 19.9 Å². The zero-order chi connectivity index (χ0) is 17.3. The maximum atomic E-state index is 13.4. The lowest BCUT2D eigenvalue weighted by Crippen LogP contribution is -2.26. The number of hydrogen-bond acceptors (Lipinski definition) is 3. The molecule has 24 heavy (non-hydrogen) atoms. The first-order valence-electron chi connectivity index (χ1n) is 7.65. The fraction of sp³-hybridized carbons (Fsp3) is 0.222. The summed E-state index contributed by atoms with van der Waals surface area (Å²) in [5.41, 5.74) is 1.03. The summed E-state index contributed by atoms with van der Waals surface area (Å²) < 4.78 is 26.4. The molecule has 3 rings (SSSR count). The Hall–Kier alpha value is -2.60. The fourth-order valence-corrected chi connectivity index (χ4v) is 2.64. The van der Waals surface area contributed by atoms with Crippen LogP contribution in [-0.4, -0.2) is 9.97 Å². The van der Waals surface area contributed by atoms with Gasteiger partial charge < -0.3 is 10.3 Å². The first kappa shape index (κ1) is 16.3. The normalized spacial score (nSPS) is 13.8. The van der Waals surface area contributed by atoms with Crippen molar-refractivity contribution < 1.29 is 8.78 Å². The van der Waals surface area contributed by atoms with Crippen LogP contribution in [0.1, 0.15) is 37.3 Å². The summed E-state index contributed by atoms with van der Waals surface area (Å²) in [6, 6.07) is 10.4. The van der Waals surface area contributed by atoms with Crippen molar-refractivity contribution in [2.24, 2.45) is 0 Å². The third-order valence-electron chi connectivity index (χ3n) is 3.98. The van der Waals surface area contributed by atoms with Crippen LogP contribution in [0.2, 0.25) is 0 Å². The molecule has 0 spiro atoms. The third-order valence-corrected chi connectivity index (χ3v) is 3.98. The average molecular weight is 329 g/mol. The first-order valence-corrected chi connectivity index (χ1v) is 7.65. The molecular weight excluding hydrogens is 312 g/mol. The molecule has 0 aliphatic carbocycles. The first-order chi connectivity index (χ1) is 11.5. The van der Waals surface area contributed by atoms with E-state index in [9.17, 15) is 13.6 Å². The number of aromatic amines is 1. The molecule has 0 aliphatic heterocycles. The number of para-hydroxylation sites is 1. The van der Waals surface area contributed by atoms with Crippen LogP contribution in [0.4, 0.5) is 8.78 Å². The lowest BCUT2D eigenvalue weighted by Gasteiger charge is -2.20. The van der Waals surface area contributed by atoms with Gasteiger partial charge >= 0.3 is 0 Å². The molecule has 2 atom stereocenters. The highest BCUT2D eigenvalue weighted by Crippen LogP contribution is 2.20. The lowest BCUT2D eigenvalue weighted by molar-refractivity contribution is 0.468. The highest BCUT2D eigenvalue weighted by atomic mass is 19.2. The predicted octanol–water partition coefficient (Wildman–Crippen LogP) is 3.61. The summed E-state index contributed by atoms with van der Waals surface area (Å²) in [6.45, 7) is 3.69. The average Bonchev–Trinajstić information content (AvgIpc) is 2.57. The van der Waals surface area contributed by atoms with Gasteiger partial charge in [-0.15, -0.1) is 0 Å². The zero-order valence-corrected chi connectivity index (χ0v) is 13.3. The van der Waals surface area contributed by atoms with Gasteiger partial charge in [-0.25, -0.2) is 13.8 Å². The molecule has 0 unspecified atom stereocenters. The number of nitrogens with one attached hydrogen (secondary N) is 2. The van der Waals surface area contributed by atoms with Gasteiger partial charge in [0, 0.05) is 6.04 Å². The summed E-state index contributed by atoms with van der Waals surface area (Å²) in [4.78, 5) is 19.4. The van der Waals surface area contributed by atoms with E-state index in [4.69, 9.17) is 0 Å². The molecule has 6 heteroatoms. The zero-order valence-electron chi connectivity index (χ0n) is 13.3.